The van der Waals surface area contributed by atoms with Crippen molar-refractivity contribution in [3.8, 4) is 22.6 Å². The van der Waals surface area contributed by atoms with Gasteiger partial charge in [0.2, 0.25) is 5.90 Å². The van der Waals surface area contributed by atoms with Crippen LogP contribution >= 0.6 is 0 Å². The number of aliphatic imine (C=N–C) groups is 1. The minimum Gasteiger partial charge on any atom is -0.494 e. The quantitative estimate of drug-likeness (QED) is 0.0831. The lowest BCUT2D eigenvalue weighted by atomic mass is 9.82. The standard InChI is InChI=1S/C40H36F3N3O5/c41-40(42,43)51-35-20-12-29(13-21-35)27-44-46-38(48)39(26-28-8-3-1-4-9-28)36(32-16-14-31(15-17-32)30-10-5-2-6-11-30)50-37(45-39)33-18-22-34(23-19-33)49-25-7-24-47/h1-6,8-23,36,44,47H,7,24-27H2,(H,46,48)/t36-,39-/m0/s1. The Hall–Kier alpha value is -5.65. The Labute approximate surface area is 293 Å². The van der Waals surface area contributed by atoms with Gasteiger partial charge in [0, 0.05) is 31.6 Å². The molecule has 5 aromatic rings. The average Bonchev–Trinajstić information content (AvgIpc) is 3.53. The van der Waals surface area contributed by atoms with Crippen molar-refractivity contribution < 1.29 is 37.3 Å². The third kappa shape index (κ3) is 8.94. The maximum Gasteiger partial charge on any atom is 0.573 e. The Morgan fingerprint density at radius 3 is 2.02 bits per heavy atom. The van der Waals surface area contributed by atoms with Crippen LogP contribution in [0.2, 0.25) is 0 Å². The van der Waals surface area contributed by atoms with Crippen molar-refractivity contribution in [1.82, 2.24) is 10.9 Å². The summed E-state index contributed by atoms with van der Waals surface area (Å²) in [6, 6.07) is 39.9. The Morgan fingerprint density at radius 2 is 1.37 bits per heavy atom. The van der Waals surface area contributed by atoms with Gasteiger partial charge in [-0.1, -0.05) is 97.1 Å². The molecule has 0 spiro atoms. The van der Waals surface area contributed by atoms with E-state index < -0.39 is 23.9 Å². The Kier molecular flexibility index (Phi) is 11.0. The molecule has 1 aliphatic heterocycles. The lowest BCUT2D eigenvalue weighted by Gasteiger charge is -2.31. The molecule has 3 N–H and O–H groups in total. The molecule has 0 radical (unpaired) electrons. The van der Waals surface area contributed by atoms with Crippen molar-refractivity contribution in [3.05, 3.63) is 156 Å². The molecule has 6 rings (SSSR count). The summed E-state index contributed by atoms with van der Waals surface area (Å²) in [6.07, 6.45) is -4.93. The molecule has 0 saturated heterocycles. The number of halogens is 3. The minimum absolute atomic E-state index is 0.0278. The molecule has 1 aliphatic rings. The van der Waals surface area contributed by atoms with Crippen LogP contribution in [0, 0.1) is 0 Å². The first-order valence-electron chi connectivity index (χ1n) is 16.4. The zero-order valence-electron chi connectivity index (χ0n) is 27.5. The largest absolute Gasteiger partial charge is 0.573 e. The third-order valence-corrected chi connectivity index (χ3v) is 8.32. The van der Waals surface area contributed by atoms with Crippen LogP contribution in [0.25, 0.3) is 11.1 Å². The third-order valence-electron chi connectivity index (χ3n) is 8.32. The number of ether oxygens (including phenoxy) is 3. The second-order valence-electron chi connectivity index (χ2n) is 11.9. The molecule has 0 fully saturated rings. The molecule has 1 amide bonds. The maximum absolute atomic E-state index is 14.5. The molecule has 8 nitrogen and oxygen atoms in total. The monoisotopic (exact) mass is 695 g/mol. The molecule has 262 valence electrons. The first kappa shape index (κ1) is 35.2. The van der Waals surface area contributed by atoms with Crippen LogP contribution in [0.5, 0.6) is 11.5 Å². The van der Waals surface area contributed by atoms with Gasteiger partial charge in [-0.15, -0.1) is 13.2 Å². The number of nitrogens with zero attached hydrogens (tertiary/aromatic N) is 1. The normalized spacial score (nSPS) is 16.9. The number of nitrogens with one attached hydrogen (secondary N) is 2. The fourth-order valence-electron chi connectivity index (χ4n) is 5.81. The molecule has 2 atom stereocenters. The van der Waals surface area contributed by atoms with E-state index in [9.17, 15) is 18.0 Å². The number of carbonyl (C=O) groups excluding carboxylic acids is 1. The number of benzene rings is 5. The molecule has 0 unspecified atom stereocenters. The summed E-state index contributed by atoms with van der Waals surface area (Å²) in [7, 11) is 0. The molecule has 11 heteroatoms. The smallest absolute Gasteiger partial charge is 0.494 e. The van der Waals surface area contributed by atoms with Crippen LogP contribution in [0.3, 0.4) is 0 Å². The van der Waals surface area contributed by atoms with E-state index in [-0.39, 0.29) is 31.2 Å². The van der Waals surface area contributed by atoms with E-state index in [1.807, 2.05) is 97.1 Å². The van der Waals surface area contributed by atoms with E-state index in [0.29, 0.717) is 29.9 Å². The summed E-state index contributed by atoms with van der Waals surface area (Å²) in [6.45, 7) is 0.512. The number of hydrogen-bond acceptors (Lipinski definition) is 7. The van der Waals surface area contributed by atoms with Gasteiger partial charge < -0.3 is 19.3 Å². The number of amides is 1. The first-order valence-corrected chi connectivity index (χ1v) is 16.4. The van der Waals surface area contributed by atoms with Crippen LogP contribution < -0.4 is 20.3 Å². The van der Waals surface area contributed by atoms with Crippen LogP contribution in [-0.4, -0.2) is 42.0 Å². The molecule has 0 aliphatic carbocycles. The van der Waals surface area contributed by atoms with Gasteiger partial charge >= 0.3 is 6.36 Å². The summed E-state index contributed by atoms with van der Waals surface area (Å²) < 4.78 is 54.1. The van der Waals surface area contributed by atoms with Gasteiger partial charge in [-0.3, -0.25) is 10.2 Å². The summed E-state index contributed by atoms with van der Waals surface area (Å²) in [4.78, 5) is 19.5. The molecule has 0 saturated carbocycles. The van der Waals surface area contributed by atoms with Gasteiger partial charge in [-0.2, -0.15) is 0 Å². The van der Waals surface area contributed by atoms with Crippen molar-refractivity contribution in [3.63, 3.8) is 0 Å². The number of carbonyl (C=O) groups is 1. The highest BCUT2D eigenvalue weighted by atomic mass is 19.4. The van der Waals surface area contributed by atoms with Crippen LogP contribution in [0.15, 0.2) is 138 Å². The molecular weight excluding hydrogens is 659 g/mol. The summed E-state index contributed by atoms with van der Waals surface area (Å²) in [5.41, 5.74) is 9.16. The molecule has 5 aromatic carbocycles. The van der Waals surface area contributed by atoms with Crippen LogP contribution in [0.1, 0.15) is 34.8 Å². The number of hydrazine groups is 1. The fourth-order valence-corrected chi connectivity index (χ4v) is 5.81. The highest BCUT2D eigenvalue weighted by molar-refractivity contribution is 6.01. The van der Waals surface area contributed by atoms with E-state index in [1.165, 1.54) is 24.3 Å². The van der Waals surface area contributed by atoms with E-state index in [2.05, 4.69) is 15.6 Å². The highest BCUT2D eigenvalue weighted by Gasteiger charge is 2.53. The second-order valence-corrected chi connectivity index (χ2v) is 11.9. The minimum atomic E-state index is -4.79. The predicted octanol–water partition coefficient (Wildman–Crippen LogP) is 7.33. The first-order chi connectivity index (χ1) is 24.7. The van der Waals surface area contributed by atoms with Gasteiger partial charge in [0.15, 0.2) is 11.6 Å². The number of hydrogen-bond donors (Lipinski definition) is 3. The lowest BCUT2D eigenvalue weighted by molar-refractivity contribution is -0.274. The van der Waals surface area contributed by atoms with Gasteiger partial charge in [0.1, 0.15) is 11.5 Å². The second kappa shape index (κ2) is 15.9. The number of rotatable bonds is 14. The Bertz CT molecular complexity index is 1900. The SMILES string of the molecule is O=C(NNCc1ccc(OC(F)(F)F)cc1)[C@@]1(Cc2ccccc2)N=C(c2ccc(OCCCO)cc2)O[C@H]1c1ccc(-c2ccccc2)cc1. The van der Waals surface area contributed by atoms with E-state index in [0.717, 1.165) is 22.3 Å². The van der Waals surface area contributed by atoms with Crippen molar-refractivity contribution >= 4 is 11.8 Å². The van der Waals surface area contributed by atoms with Gasteiger partial charge in [-0.25, -0.2) is 10.4 Å². The summed E-state index contributed by atoms with van der Waals surface area (Å²) in [5.74, 6) is 0.0992. The van der Waals surface area contributed by atoms with E-state index in [4.69, 9.17) is 19.6 Å². The Balaban J connectivity index is 1.32. The number of alkyl halides is 3. The molecular formula is C40H36F3N3O5. The van der Waals surface area contributed by atoms with Gasteiger partial charge in [0.25, 0.3) is 5.91 Å². The molecule has 0 bridgehead atoms. The van der Waals surface area contributed by atoms with Crippen LogP contribution in [0.4, 0.5) is 13.2 Å². The lowest BCUT2D eigenvalue weighted by Crippen LogP contribution is -2.53. The molecule has 51 heavy (non-hydrogen) atoms. The zero-order valence-corrected chi connectivity index (χ0v) is 27.5. The van der Waals surface area contributed by atoms with Crippen LogP contribution in [-0.2, 0) is 22.5 Å². The molecule has 1 heterocycles. The van der Waals surface area contributed by atoms with Gasteiger partial charge in [-0.05, 0) is 64.2 Å². The fraction of sp³-hybridized carbons (Fsp3) is 0.200. The molecule has 0 aromatic heterocycles. The van der Waals surface area contributed by atoms with Crippen molar-refractivity contribution in [1.29, 1.82) is 0 Å². The average molecular weight is 696 g/mol. The zero-order chi connectivity index (χ0) is 35.7. The van der Waals surface area contributed by atoms with E-state index in [1.54, 1.807) is 12.1 Å². The summed E-state index contributed by atoms with van der Waals surface area (Å²) in [5, 5.41) is 9.09. The topological polar surface area (TPSA) is 101 Å². The summed E-state index contributed by atoms with van der Waals surface area (Å²) >= 11 is 0. The maximum atomic E-state index is 14.5. The highest BCUT2D eigenvalue weighted by Crippen LogP contribution is 2.43. The number of aliphatic hydroxyl groups excluding tert-OH is 1. The number of aliphatic hydroxyl groups is 1. The van der Waals surface area contributed by atoms with Crippen molar-refractivity contribution in [2.24, 2.45) is 4.99 Å². The van der Waals surface area contributed by atoms with E-state index >= 15 is 0 Å². The predicted molar refractivity (Wildman–Crippen MR) is 187 cm³/mol. The van der Waals surface area contributed by atoms with Gasteiger partial charge in [0.05, 0.1) is 6.61 Å². The Morgan fingerprint density at radius 1 is 0.765 bits per heavy atom. The van der Waals surface area contributed by atoms with Crippen molar-refractivity contribution in [2.75, 3.05) is 13.2 Å². The van der Waals surface area contributed by atoms with Crippen molar-refractivity contribution in [2.45, 2.75) is 37.4 Å².